The van der Waals surface area contributed by atoms with E-state index >= 15 is 0 Å². The van der Waals surface area contributed by atoms with E-state index in [0.717, 1.165) is 6.42 Å². The van der Waals surface area contributed by atoms with Gasteiger partial charge in [-0.1, -0.05) is 66.6 Å². The van der Waals surface area contributed by atoms with E-state index < -0.39 is 0 Å². The molecule has 0 bridgehead atoms. The summed E-state index contributed by atoms with van der Waals surface area (Å²) in [6.45, 7) is 4.65. The second kappa shape index (κ2) is 8.36. The Morgan fingerprint density at radius 2 is 1.50 bits per heavy atom. The number of halogens is 1. The molecule has 1 atom stereocenters. The Labute approximate surface area is 140 Å². The summed E-state index contributed by atoms with van der Waals surface area (Å²) in [5, 5.41) is 0. The van der Waals surface area contributed by atoms with Gasteiger partial charge >= 0.3 is 0 Å². The van der Waals surface area contributed by atoms with Crippen molar-refractivity contribution in [3.8, 4) is 0 Å². The van der Waals surface area contributed by atoms with Crippen LogP contribution in [0.5, 0.6) is 0 Å². The first-order chi connectivity index (χ1) is 10.3. The average Bonchev–Trinajstić information content (AvgIpc) is 2.55. The van der Waals surface area contributed by atoms with Crippen LogP contribution < -0.4 is 0 Å². The van der Waals surface area contributed by atoms with Gasteiger partial charge in [-0.2, -0.15) is 0 Å². The summed E-state index contributed by atoms with van der Waals surface area (Å²) in [6.07, 6.45) is 5.20. The molecule has 0 spiro atoms. The van der Waals surface area contributed by atoms with Crippen LogP contribution in [0.25, 0.3) is 0 Å². The molecule has 1 unspecified atom stereocenters. The third-order valence-electron chi connectivity index (χ3n) is 4.57. The number of benzene rings is 2. The van der Waals surface area contributed by atoms with Gasteiger partial charge in [-0.3, -0.25) is 4.90 Å². The third-order valence-corrected chi connectivity index (χ3v) is 4.57. The highest BCUT2D eigenvalue weighted by Gasteiger charge is 2.22. The van der Waals surface area contributed by atoms with Gasteiger partial charge in [0, 0.05) is 6.04 Å². The molecule has 3 rings (SSSR count). The summed E-state index contributed by atoms with van der Waals surface area (Å²) in [5.41, 5.74) is 4.25. The van der Waals surface area contributed by atoms with Crippen molar-refractivity contribution < 1.29 is 0 Å². The van der Waals surface area contributed by atoms with Crippen LogP contribution in [0, 0.1) is 6.92 Å². The summed E-state index contributed by atoms with van der Waals surface area (Å²) in [4.78, 5) is 2.68. The van der Waals surface area contributed by atoms with E-state index in [-0.39, 0.29) is 12.4 Å². The highest BCUT2D eigenvalue weighted by molar-refractivity contribution is 5.85. The van der Waals surface area contributed by atoms with E-state index in [1.807, 2.05) is 0 Å². The number of piperidine rings is 1. The Kier molecular flexibility index (Phi) is 6.48. The minimum atomic E-state index is 0. The Balaban J connectivity index is 0.00000176. The van der Waals surface area contributed by atoms with Crippen LogP contribution in [0.15, 0.2) is 54.6 Å². The maximum absolute atomic E-state index is 2.68. The Hall–Kier alpha value is -1.31. The molecule has 2 aromatic carbocycles. The molecule has 1 saturated heterocycles. The first-order valence-electron chi connectivity index (χ1n) is 8.17. The summed E-state index contributed by atoms with van der Waals surface area (Å²) >= 11 is 0. The molecular weight excluding hydrogens is 290 g/mol. The van der Waals surface area contributed by atoms with E-state index in [0.29, 0.717) is 6.04 Å². The molecule has 0 aromatic heterocycles. The normalized spacial score (nSPS) is 16.8. The number of nitrogens with zero attached hydrogens (tertiary/aromatic N) is 1. The van der Waals surface area contributed by atoms with Crippen LogP contribution in [0.1, 0.15) is 42.0 Å². The zero-order chi connectivity index (χ0) is 14.5. The predicted octanol–water partition coefficient (Wildman–Crippen LogP) is 5.19. The van der Waals surface area contributed by atoms with Crippen LogP contribution in [0.3, 0.4) is 0 Å². The van der Waals surface area contributed by atoms with Crippen molar-refractivity contribution in [3.05, 3.63) is 71.3 Å². The van der Waals surface area contributed by atoms with Crippen molar-refractivity contribution in [1.82, 2.24) is 4.90 Å². The third kappa shape index (κ3) is 4.34. The van der Waals surface area contributed by atoms with Crippen LogP contribution in [0.4, 0.5) is 0 Å². The first kappa shape index (κ1) is 17.1. The average molecular weight is 316 g/mol. The van der Waals surface area contributed by atoms with Crippen molar-refractivity contribution in [2.24, 2.45) is 0 Å². The quantitative estimate of drug-likeness (QED) is 0.750. The minimum absolute atomic E-state index is 0. The smallest absolute Gasteiger partial charge is 0.0388 e. The molecule has 118 valence electrons. The van der Waals surface area contributed by atoms with Crippen molar-refractivity contribution in [1.29, 1.82) is 0 Å². The van der Waals surface area contributed by atoms with E-state index in [1.54, 1.807) is 0 Å². The lowest BCUT2D eigenvalue weighted by Gasteiger charge is -2.35. The van der Waals surface area contributed by atoms with Gasteiger partial charge in [0.2, 0.25) is 0 Å². The van der Waals surface area contributed by atoms with E-state index in [1.165, 1.54) is 49.0 Å². The molecule has 22 heavy (non-hydrogen) atoms. The van der Waals surface area contributed by atoms with Crippen LogP contribution in [0.2, 0.25) is 0 Å². The highest BCUT2D eigenvalue weighted by Crippen LogP contribution is 2.28. The van der Waals surface area contributed by atoms with Gasteiger partial charge in [0.15, 0.2) is 0 Å². The summed E-state index contributed by atoms with van der Waals surface area (Å²) in [6, 6.07) is 20.6. The predicted molar refractivity (Wildman–Crippen MR) is 96.7 cm³/mol. The summed E-state index contributed by atoms with van der Waals surface area (Å²) in [7, 11) is 0. The van der Waals surface area contributed by atoms with E-state index in [2.05, 4.69) is 66.4 Å². The van der Waals surface area contributed by atoms with Crippen LogP contribution in [-0.2, 0) is 6.42 Å². The lowest BCUT2D eigenvalue weighted by Crippen LogP contribution is -2.34. The standard InChI is InChI=1S/C20H25N.ClH/c1-17-10-12-19(13-11-17)20(21-14-6-3-7-15-21)16-18-8-4-2-5-9-18;/h2,4-5,8-13,20H,3,6-7,14-16H2,1H3;1H. The van der Waals surface area contributed by atoms with E-state index in [4.69, 9.17) is 0 Å². The highest BCUT2D eigenvalue weighted by atomic mass is 35.5. The lowest BCUT2D eigenvalue weighted by atomic mass is 9.95. The molecule has 2 aromatic rings. The maximum atomic E-state index is 2.68. The largest absolute Gasteiger partial charge is 0.296 e. The number of hydrogen-bond acceptors (Lipinski definition) is 1. The Bertz CT molecular complexity index is 544. The molecule has 0 amide bonds. The molecule has 0 N–H and O–H groups in total. The van der Waals surface area contributed by atoms with Crippen molar-refractivity contribution in [2.75, 3.05) is 13.1 Å². The molecule has 1 aliphatic heterocycles. The topological polar surface area (TPSA) is 3.24 Å². The molecule has 0 radical (unpaired) electrons. The first-order valence-corrected chi connectivity index (χ1v) is 8.17. The van der Waals surface area contributed by atoms with Gasteiger partial charge < -0.3 is 0 Å². The van der Waals surface area contributed by atoms with Gasteiger partial charge in [-0.15, -0.1) is 12.4 Å². The number of likely N-dealkylation sites (tertiary alicyclic amines) is 1. The number of hydrogen-bond donors (Lipinski definition) is 0. The SMILES string of the molecule is Cc1ccc(C(Cc2ccccc2)N2CCCCC2)cc1.Cl. The summed E-state index contributed by atoms with van der Waals surface area (Å²) < 4.78 is 0. The Morgan fingerprint density at radius 3 is 2.14 bits per heavy atom. The fourth-order valence-corrected chi connectivity index (χ4v) is 3.31. The summed E-state index contributed by atoms with van der Waals surface area (Å²) in [5.74, 6) is 0. The molecular formula is C20H26ClN. The number of rotatable bonds is 4. The van der Waals surface area contributed by atoms with Gasteiger partial charge in [-0.25, -0.2) is 0 Å². The van der Waals surface area contributed by atoms with Crippen LogP contribution >= 0.6 is 12.4 Å². The zero-order valence-corrected chi connectivity index (χ0v) is 14.2. The van der Waals surface area contributed by atoms with Gasteiger partial charge in [-0.05, 0) is 50.4 Å². The number of aryl methyl sites for hydroxylation is 1. The monoisotopic (exact) mass is 315 g/mol. The molecule has 0 saturated carbocycles. The zero-order valence-electron chi connectivity index (χ0n) is 13.4. The second-order valence-corrected chi connectivity index (χ2v) is 6.21. The van der Waals surface area contributed by atoms with Gasteiger partial charge in [0.25, 0.3) is 0 Å². The van der Waals surface area contributed by atoms with Crippen molar-refractivity contribution >= 4 is 12.4 Å². The van der Waals surface area contributed by atoms with Gasteiger partial charge in [0.05, 0.1) is 0 Å². The lowest BCUT2D eigenvalue weighted by molar-refractivity contribution is 0.162. The minimum Gasteiger partial charge on any atom is -0.296 e. The molecule has 0 aliphatic carbocycles. The van der Waals surface area contributed by atoms with Gasteiger partial charge in [0.1, 0.15) is 0 Å². The fourth-order valence-electron chi connectivity index (χ4n) is 3.31. The van der Waals surface area contributed by atoms with E-state index in [9.17, 15) is 0 Å². The molecule has 1 fully saturated rings. The second-order valence-electron chi connectivity index (χ2n) is 6.21. The maximum Gasteiger partial charge on any atom is 0.0388 e. The molecule has 1 aliphatic rings. The van der Waals surface area contributed by atoms with Crippen molar-refractivity contribution in [3.63, 3.8) is 0 Å². The molecule has 2 heteroatoms. The Morgan fingerprint density at radius 1 is 0.864 bits per heavy atom. The van der Waals surface area contributed by atoms with Crippen molar-refractivity contribution in [2.45, 2.75) is 38.6 Å². The molecule has 1 nitrogen and oxygen atoms in total. The van der Waals surface area contributed by atoms with Crippen LogP contribution in [-0.4, -0.2) is 18.0 Å². The molecule has 1 heterocycles. The fraction of sp³-hybridized carbons (Fsp3) is 0.400.